The Hall–Kier alpha value is -2.33. The van der Waals surface area contributed by atoms with Gasteiger partial charge in [0, 0.05) is 13.6 Å². The molecule has 0 bridgehead atoms. The van der Waals surface area contributed by atoms with Gasteiger partial charge in [0.25, 0.3) is 5.95 Å². The van der Waals surface area contributed by atoms with Crippen molar-refractivity contribution in [3.63, 3.8) is 0 Å². The largest absolute Gasteiger partial charge is 0.376 e. The summed E-state index contributed by atoms with van der Waals surface area (Å²) in [6.45, 7) is 2.37. The molecule has 1 aliphatic heterocycles. The Bertz CT molecular complexity index is 570. The predicted octanol–water partition coefficient (Wildman–Crippen LogP) is -0.679. The van der Waals surface area contributed by atoms with Gasteiger partial charge in [-0.05, 0) is 0 Å². The van der Waals surface area contributed by atoms with Crippen LogP contribution in [0.5, 0.6) is 0 Å². The molecule has 1 aliphatic rings. The summed E-state index contributed by atoms with van der Waals surface area (Å²) in [5.41, 5.74) is 0. The van der Waals surface area contributed by atoms with Crippen LogP contribution in [0.3, 0.4) is 0 Å². The second-order valence-corrected chi connectivity index (χ2v) is 4.32. The first-order chi connectivity index (χ1) is 10.3. The van der Waals surface area contributed by atoms with Crippen LogP contribution in [-0.4, -0.2) is 69.2 Å². The molecule has 1 saturated heterocycles. The molecule has 3 rings (SSSR count). The third-order valence-electron chi connectivity index (χ3n) is 2.84. The molecule has 2 aromatic rings. The second-order valence-electron chi connectivity index (χ2n) is 4.32. The van der Waals surface area contributed by atoms with Gasteiger partial charge in [0.05, 0.1) is 25.9 Å². The van der Waals surface area contributed by atoms with Crippen molar-refractivity contribution < 1.29 is 9.47 Å². The monoisotopic (exact) mass is 292 g/mol. The summed E-state index contributed by atoms with van der Waals surface area (Å²) in [6, 6.07) is 0. The zero-order chi connectivity index (χ0) is 14.5. The van der Waals surface area contributed by atoms with Crippen LogP contribution >= 0.6 is 0 Å². The van der Waals surface area contributed by atoms with E-state index in [2.05, 4.69) is 35.7 Å². The van der Waals surface area contributed by atoms with Crippen molar-refractivity contribution in [1.82, 2.24) is 29.7 Å². The van der Waals surface area contributed by atoms with E-state index in [9.17, 15) is 0 Å². The van der Waals surface area contributed by atoms with Gasteiger partial charge in [-0.25, -0.2) is 4.98 Å². The van der Waals surface area contributed by atoms with Gasteiger partial charge in [0.2, 0.25) is 11.9 Å². The first kappa shape index (κ1) is 13.6. The van der Waals surface area contributed by atoms with Crippen LogP contribution in [0.1, 0.15) is 0 Å². The van der Waals surface area contributed by atoms with Crippen molar-refractivity contribution in [3.05, 3.63) is 12.7 Å². The lowest BCUT2D eigenvalue weighted by atomic mass is 10.3. The van der Waals surface area contributed by atoms with Gasteiger partial charge >= 0.3 is 0 Å². The van der Waals surface area contributed by atoms with Crippen LogP contribution in [0.2, 0.25) is 0 Å². The molecule has 21 heavy (non-hydrogen) atoms. The molecule has 3 heterocycles. The van der Waals surface area contributed by atoms with Gasteiger partial charge in [-0.1, -0.05) is 0 Å². The average molecular weight is 292 g/mol. The molecule has 1 unspecified atom stereocenters. The maximum Gasteiger partial charge on any atom is 0.258 e. The zero-order valence-electron chi connectivity index (χ0n) is 11.6. The van der Waals surface area contributed by atoms with E-state index in [1.54, 1.807) is 7.05 Å². The Kier molecular flexibility index (Phi) is 4.17. The molecule has 10 heteroatoms. The molecule has 0 saturated carbocycles. The van der Waals surface area contributed by atoms with Gasteiger partial charge in [-0.2, -0.15) is 24.7 Å². The van der Waals surface area contributed by atoms with E-state index in [0.29, 0.717) is 44.2 Å². The standard InChI is InChI=1S/C11H16N8O2/c1-12-9-16-10(14-4-8-5-20-2-3-21-8)18-11(17-9)19-7-13-6-15-19/h6-8H,2-5H2,1H3,(H2,12,14,16,17,18). The van der Waals surface area contributed by atoms with E-state index >= 15 is 0 Å². The van der Waals surface area contributed by atoms with Gasteiger partial charge in [0.15, 0.2) is 0 Å². The molecule has 10 nitrogen and oxygen atoms in total. The highest BCUT2D eigenvalue weighted by atomic mass is 16.6. The Labute approximate surface area is 120 Å². The third kappa shape index (κ3) is 3.41. The number of ether oxygens (including phenoxy) is 2. The Balaban J connectivity index is 1.73. The maximum absolute atomic E-state index is 5.56. The first-order valence-corrected chi connectivity index (χ1v) is 6.57. The number of nitrogens with zero attached hydrogens (tertiary/aromatic N) is 6. The summed E-state index contributed by atoms with van der Waals surface area (Å²) in [7, 11) is 1.74. The molecule has 0 aliphatic carbocycles. The first-order valence-electron chi connectivity index (χ1n) is 6.57. The van der Waals surface area contributed by atoms with Gasteiger partial charge in [0.1, 0.15) is 12.7 Å². The maximum atomic E-state index is 5.56. The van der Waals surface area contributed by atoms with Gasteiger partial charge < -0.3 is 20.1 Å². The van der Waals surface area contributed by atoms with Crippen molar-refractivity contribution >= 4 is 11.9 Å². The highest BCUT2D eigenvalue weighted by Crippen LogP contribution is 2.09. The highest BCUT2D eigenvalue weighted by molar-refractivity contribution is 5.37. The summed E-state index contributed by atoms with van der Waals surface area (Å²) in [6.07, 6.45) is 2.93. The molecule has 0 radical (unpaired) electrons. The van der Waals surface area contributed by atoms with Crippen molar-refractivity contribution in [3.8, 4) is 5.95 Å². The summed E-state index contributed by atoms with van der Waals surface area (Å²) in [5.74, 6) is 1.27. The van der Waals surface area contributed by atoms with E-state index in [-0.39, 0.29) is 6.10 Å². The van der Waals surface area contributed by atoms with E-state index in [4.69, 9.17) is 9.47 Å². The van der Waals surface area contributed by atoms with Gasteiger partial charge in [-0.3, -0.25) is 0 Å². The zero-order valence-corrected chi connectivity index (χ0v) is 11.6. The van der Waals surface area contributed by atoms with Crippen LogP contribution in [0, 0.1) is 0 Å². The average Bonchev–Trinajstić information content (AvgIpc) is 3.08. The van der Waals surface area contributed by atoms with Crippen LogP contribution in [0.25, 0.3) is 5.95 Å². The summed E-state index contributed by atoms with van der Waals surface area (Å²) in [5, 5.41) is 10.0. The van der Waals surface area contributed by atoms with E-state index in [1.807, 2.05) is 0 Å². The minimum absolute atomic E-state index is 0.0108. The van der Waals surface area contributed by atoms with Crippen LogP contribution in [0.15, 0.2) is 12.7 Å². The third-order valence-corrected chi connectivity index (χ3v) is 2.84. The molecule has 112 valence electrons. The molecular formula is C11H16N8O2. The molecule has 0 amide bonds. The molecule has 2 N–H and O–H groups in total. The molecule has 1 fully saturated rings. The smallest absolute Gasteiger partial charge is 0.258 e. The SMILES string of the molecule is CNc1nc(NCC2COCCO2)nc(-n2cncn2)n1. The second kappa shape index (κ2) is 6.41. The topological polar surface area (TPSA) is 112 Å². The highest BCUT2D eigenvalue weighted by Gasteiger charge is 2.15. The quantitative estimate of drug-likeness (QED) is 0.740. The minimum atomic E-state index is -0.0108. The number of nitrogens with one attached hydrogen (secondary N) is 2. The van der Waals surface area contributed by atoms with Crippen molar-refractivity contribution in [2.75, 3.05) is 44.0 Å². The lowest BCUT2D eigenvalue weighted by Gasteiger charge is -2.23. The molecule has 1 atom stereocenters. The fourth-order valence-corrected chi connectivity index (χ4v) is 1.83. The van der Waals surface area contributed by atoms with E-state index in [1.165, 1.54) is 17.3 Å². The molecule has 0 spiro atoms. The Morgan fingerprint density at radius 1 is 1.29 bits per heavy atom. The Morgan fingerprint density at radius 2 is 2.19 bits per heavy atom. The van der Waals surface area contributed by atoms with Crippen LogP contribution < -0.4 is 10.6 Å². The predicted molar refractivity (Wildman–Crippen MR) is 73.3 cm³/mol. The van der Waals surface area contributed by atoms with E-state index in [0.717, 1.165) is 0 Å². The number of anilines is 2. The Morgan fingerprint density at radius 3 is 2.90 bits per heavy atom. The number of hydrogen-bond donors (Lipinski definition) is 2. The normalized spacial score (nSPS) is 18.4. The van der Waals surface area contributed by atoms with Crippen molar-refractivity contribution in [2.45, 2.75) is 6.10 Å². The lowest BCUT2D eigenvalue weighted by Crippen LogP contribution is -2.34. The van der Waals surface area contributed by atoms with Crippen LogP contribution in [0.4, 0.5) is 11.9 Å². The fraction of sp³-hybridized carbons (Fsp3) is 0.545. The number of hydrogen-bond acceptors (Lipinski definition) is 9. The summed E-state index contributed by atoms with van der Waals surface area (Å²) >= 11 is 0. The number of rotatable bonds is 5. The lowest BCUT2D eigenvalue weighted by molar-refractivity contribution is -0.0819. The molecular weight excluding hydrogens is 276 g/mol. The molecule has 0 aromatic carbocycles. The summed E-state index contributed by atoms with van der Waals surface area (Å²) < 4.78 is 12.4. The van der Waals surface area contributed by atoms with Crippen LogP contribution in [-0.2, 0) is 9.47 Å². The molecule has 2 aromatic heterocycles. The van der Waals surface area contributed by atoms with Crippen molar-refractivity contribution in [1.29, 1.82) is 0 Å². The fourth-order valence-electron chi connectivity index (χ4n) is 1.83. The van der Waals surface area contributed by atoms with Gasteiger partial charge in [-0.15, -0.1) is 0 Å². The number of aromatic nitrogens is 6. The summed E-state index contributed by atoms with van der Waals surface area (Å²) in [4.78, 5) is 16.6. The van der Waals surface area contributed by atoms with E-state index < -0.39 is 0 Å². The van der Waals surface area contributed by atoms with Crippen molar-refractivity contribution in [2.24, 2.45) is 0 Å². The minimum Gasteiger partial charge on any atom is -0.376 e.